The summed E-state index contributed by atoms with van der Waals surface area (Å²) in [5.74, 6) is 1.39. The molecule has 14 heteroatoms. The molecule has 0 saturated carbocycles. The summed E-state index contributed by atoms with van der Waals surface area (Å²) in [5.41, 5.74) is 4.27. The maximum atomic E-state index is 13.0. The quantitative estimate of drug-likeness (QED) is 0.0308. The van der Waals surface area contributed by atoms with Crippen LogP contribution in [0, 0.1) is 38.0 Å². The van der Waals surface area contributed by atoms with Crippen molar-refractivity contribution in [1.29, 1.82) is 0 Å². The molecule has 0 aliphatic rings. The molecule has 0 spiro atoms. The van der Waals surface area contributed by atoms with E-state index in [1.807, 2.05) is 76.2 Å². The molecule has 4 atom stereocenters. The Labute approximate surface area is 472 Å². The highest BCUT2D eigenvalue weighted by atomic mass is 127. The Balaban J connectivity index is 0.000000370. The van der Waals surface area contributed by atoms with Crippen LogP contribution in [0.2, 0.25) is 0 Å². The van der Waals surface area contributed by atoms with Gasteiger partial charge in [-0.15, -0.1) is 0 Å². The lowest BCUT2D eigenvalue weighted by Gasteiger charge is -2.17. The fourth-order valence-electron chi connectivity index (χ4n) is 8.08. The van der Waals surface area contributed by atoms with E-state index in [0.717, 1.165) is 99.4 Å². The zero-order valence-corrected chi connectivity index (χ0v) is 50.8. The van der Waals surface area contributed by atoms with Gasteiger partial charge in [-0.05, 0) is 240 Å². The van der Waals surface area contributed by atoms with Crippen LogP contribution >= 0.6 is 90.4 Å². The average Bonchev–Trinajstić information content (AvgIpc) is 3.32. The molecule has 0 fully saturated rings. The topological polar surface area (TPSA) is 124 Å². The van der Waals surface area contributed by atoms with Gasteiger partial charge in [-0.3, -0.25) is 19.2 Å². The lowest BCUT2D eigenvalue weighted by molar-refractivity contribution is -0.149. The maximum Gasteiger partial charge on any atom is 0.314 e. The lowest BCUT2D eigenvalue weighted by atomic mass is 9.94. The van der Waals surface area contributed by atoms with Gasteiger partial charge >= 0.3 is 23.9 Å². The second-order valence-electron chi connectivity index (χ2n) is 17.0. The fourth-order valence-corrected chi connectivity index (χ4v) is 12.5. The minimum Gasteiger partial charge on any atom is -0.492 e. The molecule has 4 aromatic rings. The summed E-state index contributed by atoms with van der Waals surface area (Å²) in [6.07, 6.45) is 9.23. The van der Waals surface area contributed by atoms with Crippen LogP contribution in [0.3, 0.4) is 0 Å². The Hall–Kier alpha value is -2.72. The fraction of sp³-hybridized carbons (Fsp3) is 0.500. The van der Waals surface area contributed by atoms with E-state index >= 15 is 0 Å². The number of hydrogen-bond acceptors (Lipinski definition) is 10. The molecule has 0 unspecified atom stereocenters. The smallest absolute Gasteiger partial charge is 0.314 e. The Kier molecular flexibility index (Phi) is 29.8. The highest BCUT2D eigenvalue weighted by Crippen LogP contribution is 2.33. The number of rotatable bonds is 28. The van der Waals surface area contributed by atoms with E-state index in [4.69, 9.17) is 28.4 Å². The molecule has 0 aromatic heterocycles. The van der Waals surface area contributed by atoms with Gasteiger partial charge in [0.2, 0.25) is 0 Å². The standard InChI is InChI=1S/2C28H36I2O5/c2*1-5-9-21(27(31)34-8-4)15-19-11-13-23(14-12-19)35-28(32)22(10-6-2)16-20-17-24(29)26(33-7-3)25(30)18-20/h2*11-14,17-18,21-22H,5-10,15-16H2,1-4H3/t2*21-,22-/m00/s1. The van der Waals surface area contributed by atoms with Crippen molar-refractivity contribution in [2.45, 2.75) is 132 Å². The van der Waals surface area contributed by atoms with E-state index < -0.39 is 0 Å². The summed E-state index contributed by atoms with van der Waals surface area (Å²) in [7, 11) is 0. The van der Waals surface area contributed by atoms with Crippen LogP contribution in [0.4, 0.5) is 0 Å². The molecule has 4 aromatic carbocycles. The van der Waals surface area contributed by atoms with Crippen LogP contribution in [0.5, 0.6) is 23.0 Å². The van der Waals surface area contributed by atoms with Gasteiger partial charge in [0.15, 0.2) is 0 Å². The van der Waals surface area contributed by atoms with Gasteiger partial charge in [0.05, 0.1) is 64.4 Å². The molecule has 0 radical (unpaired) electrons. The first-order valence-electron chi connectivity index (χ1n) is 24.8. The minimum absolute atomic E-state index is 0.147. The number of carbonyl (C=O) groups excluding carboxylic acids is 4. The van der Waals surface area contributed by atoms with Crippen molar-refractivity contribution < 1.29 is 47.6 Å². The Morgan fingerprint density at radius 1 is 0.386 bits per heavy atom. The summed E-state index contributed by atoms with van der Waals surface area (Å²) in [4.78, 5) is 50.5. The summed E-state index contributed by atoms with van der Waals surface area (Å²) in [6.45, 7) is 17.9. The van der Waals surface area contributed by atoms with Gasteiger partial charge in [-0.25, -0.2) is 0 Å². The number of esters is 4. The first kappa shape index (κ1) is 61.6. The normalized spacial score (nSPS) is 12.6. The van der Waals surface area contributed by atoms with Gasteiger partial charge in [0, 0.05) is 0 Å². The molecule has 4 rings (SSSR count). The van der Waals surface area contributed by atoms with Gasteiger partial charge in [0.25, 0.3) is 0 Å². The van der Waals surface area contributed by atoms with Gasteiger partial charge in [0.1, 0.15) is 23.0 Å². The first-order chi connectivity index (χ1) is 33.6. The molecule has 0 saturated heterocycles. The van der Waals surface area contributed by atoms with Crippen molar-refractivity contribution in [3.63, 3.8) is 0 Å². The number of carbonyl (C=O) groups is 4. The van der Waals surface area contributed by atoms with Crippen molar-refractivity contribution in [3.05, 3.63) is 109 Å². The highest BCUT2D eigenvalue weighted by molar-refractivity contribution is 14.1. The zero-order valence-electron chi connectivity index (χ0n) is 42.1. The van der Waals surface area contributed by atoms with E-state index in [9.17, 15) is 19.2 Å². The summed E-state index contributed by atoms with van der Waals surface area (Å²) in [6, 6.07) is 23.3. The second-order valence-corrected chi connectivity index (χ2v) is 21.7. The van der Waals surface area contributed by atoms with E-state index in [-0.39, 0.29) is 47.5 Å². The number of halogens is 4. The molecule has 70 heavy (non-hydrogen) atoms. The number of hydrogen-bond donors (Lipinski definition) is 0. The van der Waals surface area contributed by atoms with Gasteiger partial charge in [-0.1, -0.05) is 77.6 Å². The van der Waals surface area contributed by atoms with E-state index in [2.05, 4.69) is 142 Å². The molecule has 0 aliphatic carbocycles. The van der Waals surface area contributed by atoms with Crippen molar-refractivity contribution >= 4 is 114 Å². The van der Waals surface area contributed by atoms with Crippen LogP contribution in [-0.2, 0) is 54.3 Å². The van der Waals surface area contributed by atoms with E-state index in [1.165, 1.54) is 0 Å². The van der Waals surface area contributed by atoms with Gasteiger partial charge < -0.3 is 28.4 Å². The SMILES string of the molecule is CCC[C@@H](Cc1ccc(OC(=O)[C@@H](CCC)Cc2cc(I)c(OCC)c(I)c2)cc1)C(=O)OCC.CCC[C@@H](Cc1ccc(OC(=O)[C@@H](CCC)Cc2cc(I)c(OCC)c(I)c2)cc1)C(=O)OCC. The maximum absolute atomic E-state index is 13.0. The minimum atomic E-state index is -0.220. The second kappa shape index (κ2) is 33.9. The molecule has 384 valence electrons. The van der Waals surface area contributed by atoms with Crippen molar-refractivity contribution in [2.24, 2.45) is 23.7 Å². The van der Waals surface area contributed by atoms with Crippen molar-refractivity contribution in [3.8, 4) is 23.0 Å². The van der Waals surface area contributed by atoms with Crippen LogP contribution in [0.1, 0.15) is 129 Å². The van der Waals surface area contributed by atoms with E-state index in [1.54, 1.807) is 0 Å². The largest absolute Gasteiger partial charge is 0.492 e. The van der Waals surface area contributed by atoms with Crippen molar-refractivity contribution in [1.82, 2.24) is 0 Å². The Morgan fingerprint density at radius 2 is 0.657 bits per heavy atom. The third-order valence-electron chi connectivity index (χ3n) is 11.4. The highest BCUT2D eigenvalue weighted by Gasteiger charge is 2.25. The van der Waals surface area contributed by atoms with E-state index in [0.29, 0.717) is 63.6 Å². The summed E-state index contributed by atoms with van der Waals surface area (Å²) in [5, 5.41) is 0. The Bertz CT molecular complexity index is 2030. The molecular formula is C56H72I4O10. The molecule has 0 bridgehead atoms. The van der Waals surface area contributed by atoms with Crippen LogP contribution in [-0.4, -0.2) is 50.3 Å². The lowest BCUT2D eigenvalue weighted by Crippen LogP contribution is -2.23. The molecule has 10 nitrogen and oxygen atoms in total. The molecule has 0 N–H and O–H groups in total. The monoisotopic (exact) mass is 1410 g/mol. The zero-order chi connectivity index (χ0) is 51.6. The number of benzene rings is 4. The van der Waals surface area contributed by atoms with Crippen molar-refractivity contribution in [2.75, 3.05) is 26.4 Å². The Morgan fingerprint density at radius 3 is 0.914 bits per heavy atom. The van der Waals surface area contributed by atoms with Gasteiger partial charge in [-0.2, -0.15) is 0 Å². The number of ether oxygens (including phenoxy) is 6. The third kappa shape index (κ3) is 21.0. The van der Waals surface area contributed by atoms with Crippen LogP contribution < -0.4 is 18.9 Å². The predicted molar refractivity (Wildman–Crippen MR) is 312 cm³/mol. The summed E-state index contributed by atoms with van der Waals surface area (Å²) >= 11 is 9.16. The molecule has 0 amide bonds. The molecular weight excluding hydrogens is 1340 g/mol. The van der Waals surface area contributed by atoms with Crippen LogP contribution in [0.15, 0.2) is 72.8 Å². The first-order valence-corrected chi connectivity index (χ1v) is 29.1. The molecule has 0 heterocycles. The summed E-state index contributed by atoms with van der Waals surface area (Å²) < 4.78 is 37.6. The predicted octanol–water partition coefficient (Wildman–Crippen LogP) is 14.8. The third-order valence-corrected chi connectivity index (χ3v) is 14.6. The van der Waals surface area contributed by atoms with Crippen LogP contribution in [0.25, 0.3) is 0 Å². The molecule has 0 aliphatic heterocycles. The average molecular weight is 1410 g/mol.